The van der Waals surface area contributed by atoms with Gasteiger partial charge in [0.2, 0.25) is 23.6 Å². The van der Waals surface area contributed by atoms with Gasteiger partial charge in [-0.1, -0.05) is 0 Å². The maximum absolute atomic E-state index is 13.2. The second kappa shape index (κ2) is 35.0. The molecule has 43 nitrogen and oxygen atoms in total. The Bertz CT molecular complexity index is 2600. The largest absolute Gasteiger partial charge is 0.394 e. The van der Waals surface area contributed by atoms with Gasteiger partial charge >= 0.3 is 0 Å². The van der Waals surface area contributed by atoms with Crippen molar-refractivity contribution in [1.82, 2.24) is 21.3 Å². The zero-order valence-electron chi connectivity index (χ0n) is 54.0. The summed E-state index contributed by atoms with van der Waals surface area (Å²) in [5.74, 6) is -3.40. The van der Waals surface area contributed by atoms with Gasteiger partial charge in [-0.05, 0) is 13.8 Å². The Balaban J connectivity index is 1.11. The van der Waals surface area contributed by atoms with Gasteiger partial charge in [0.15, 0.2) is 50.3 Å². The van der Waals surface area contributed by atoms with Crippen LogP contribution in [0.2, 0.25) is 0 Å². The molecule has 8 aliphatic heterocycles. The molecule has 0 bridgehead atoms. The molecule has 8 heterocycles. The molecule has 4 amide bonds. The Kier molecular flexibility index (Phi) is 28.7. The Labute approximate surface area is 562 Å². The standard InChI is InChI=1S/C56H94N4O39/c1-13-29(69)38(78)41(81)53(87-13)86-12-24-45(46(28(49(84)89-24)60-18(6)68)97-54-42(82)39(79)30(70)14(2)88-54)96-52-27(59-17(5)67)37(77)44(22(10-64)93-52)95-55-43(83)47(34(74)21(9-63)92-55)98-56-48(99-51-26(58-16(4)66)36(76)32(72)20(8-62)91-51)40(80)33(73)23(94-56)11-85-50-25(57-15(3)65)35(75)31(71)19(7-61)90-50/h13-14,19-56,61-64,69-84H,7-12H2,1-6H3,(H,57,65)(H,58,66)(H,59,67)(H,60,68)/t13-,14-,19+,20+,21+,22+,23+,24+,25+,26+,27+,28+,29+,30+,31+,32+,33+,34+,35+,36+,37+,38+,39+,40-,41-,42-,43-,44+,45+,46+,47-,48-,49+,50+,51-,52-,53+,54-,55-,56+/m0/s1. The molecule has 0 radical (unpaired) electrons. The van der Waals surface area contributed by atoms with Gasteiger partial charge in [-0.2, -0.15) is 0 Å². The van der Waals surface area contributed by atoms with Crippen LogP contribution in [0.1, 0.15) is 41.5 Å². The summed E-state index contributed by atoms with van der Waals surface area (Å²) in [4.78, 5) is 50.7. The van der Waals surface area contributed by atoms with Crippen LogP contribution in [0.3, 0.4) is 0 Å². The van der Waals surface area contributed by atoms with Gasteiger partial charge in [0.05, 0.1) is 51.8 Å². The van der Waals surface area contributed by atoms with E-state index in [0.717, 1.165) is 27.7 Å². The van der Waals surface area contributed by atoms with Gasteiger partial charge in [0.1, 0.15) is 183 Å². The second-order valence-electron chi connectivity index (χ2n) is 25.4. The van der Waals surface area contributed by atoms with Gasteiger partial charge in [-0.15, -0.1) is 0 Å². The molecule has 0 spiro atoms. The predicted octanol–water partition coefficient (Wildman–Crippen LogP) is -15.8. The van der Waals surface area contributed by atoms with Gasteiger partial charge in [-0.25, -0.2) is 0 Å². The minimum absolute atomic E-state index is 0.764. The third-order valence-electron chi connectivity index (χ3n) is 18.1. The lowest BCUT2D eigenvalue weighted by Crippen LogP contribution is -2.71. The van der Waals surface area contributed by atoms with Crippen molar-refractivity contribution < 1.29 is 192 Å². The number of carbonyl (C=O) groups excluding carboxylic acids is 4. The van der Waals surface area contributed by atoms with Crippen molar-refractivity contribution in [2.24, 2.45) is 0 Å². The van der Waals surface area contributed by atoms with Gasteiger partial charge < -0.3 is 194 Å². The summed E-state index contributed by atoms with van der Waals surface area (Å²) in [6, 6.07) is -7.05. The molecule has 572 valence electrons. The lowest BCUT2D eigenvalue weighted by molar-refractivity contribution is -0.395. The molecule has 24 N–H and O–H groups in total. The fourth-order valence-corrected chi connectivity index (χ4v) is 12.8. The van der Waals surface area contributed by atoms with Crippen molar-refractivity contribution >= 4 is 23.6 Å². The zero-order chi connectivity index (χ0) is 73.1. The van der Waals surface area contributed by atoms with Crippen molar-refractivity contribution in [2.45, 2.75) is 287 Å². The molecular formula is C56H94N4O39. The number of aliphatic hydroxyl groups excluding tert-OH is 20. The van der Waals surface area contributed by atoms with E-state index in [-0.39, 0.29) is 0 Å². The molecule has 0 aliphatic carbocycles. The monoisotopic (exact) mass is 1450 g/mol. The summed E-state index contributed by atoms with van der Waals surface area (Å²) < 4.78 is 89.4. The fraction of sp³-hybridized carbons (Fsp3) is 0.929. The first-order valence-electron chi connectivity index (χ1n) is 31.8. The first kappa shape index (κ1) is 81.2. The molecule has 8 rings (SSSR count). The molecular weight excluding hydrogens is 1350 g/mol. The molecule has 8 saturated heterocycles. The van der Waals surface area contributed by atoms with Crippen molar-refractivity contribution in [1.29, 1.82) is 0 Å². The zero-order valence-corrected chi connectivity index (χ0v) is 54.0. The third kappa shape index (κ3) is 18.2. The lowest BCUT2D eigenvalue weighted by atomic mass is 9.93. The average molecular weight is 1450 g/mol. The topological polar surface area (TPSA) is 659 Å². The van der Waals surface area contributed by atoms with Gasteiger partial charge in [0, 0.05) is 27.7 Å². The maximum Gasteiger partial charge on any atom is 0.217 e. The normalized spacial score (nSPS) is 49.1. The SMILES string of the molecule is CC(=O)N[C@@H]1[C@@H](O[C@@H]2O[C@@H](C)[C@@H](O)[C@@H](O)[C@@H]2O)[C@H](O[C@@H]2O[C@H](CO)[C@@H](O[C@@H]3O[C@H](CO)[C@@H](O)[C@H](O[C@H]4O[C@H](CO[C@@H]5O[C@H](CO)[C@@H](O)[C@H](O)[C@H]5NC(C)=O)[C@@H](O)[C@H](O)[C@@H]4O[C@@H]4O[C@H](CO)[C@@H](O)[C@H](O)[C@H]4NC(C)=O)[C@@H]3O)[C@H](O)[C@H]2NC(C)=O)[C@@H](CO[C@@H]2O[C@@H](C)[C@@H](O)[C@@H](O)[C@@H]2O)O[C@H]1O. The minimum Gasteiger partial charge on any atom is -0.394 e. The molecule has 43 heteroatoms. The lowest BCUT2D eigenvalue weighted by Gasteiger charge is -2.51. The minimum atomic E-state index is -2.43. The summed E-state index contributed by atoms with van der Waals surface area (Å²) in [7, 11) is 0. The summed E-state index contributed by atoms with van der Waals surface area (Å²) in [6.45, 7) is 0.626. The molecule has 99 heavy (non-hydrogen) atoms. The molecule has 0 unspecified atom stereocenters. The third-order valence-corrected chi connectivity index (χ3v) is 18.1. The van der Waals surface area contributed by atoms with Gasteiger partial charge in [0.25, 0.3) is 0 Å². The van der Waals surface area contributed by atoms with E-state index in [1.54, 1.807) is 0 Å². The fourth-order valence-electron chi connectivity index (χ4n) is 12.8. The first-order valence-corrected chi connectivity index (χ1v) is 31.8. The molecule has 8 fully saturated rings. The first-order chi connectivity index (χ1) is 46.7. The van der Waals surface area contributed by atoms with E-state index in [1.165, 1.54) is 13.8 Å². The van der Waals surface area contributed by atoms with Crippen LogP contribution in [-0.2, 0) is 90.2 Å². The van der Waals surface area contributed by atoms with Crippen molar-refractivity contribution in [3.05, 3.63) is 0 Å². The summed E-state index contributed by atoms with van der Waals surface area (Å²) in [6.07, 6.45) is -69.7. The molecule has 0 saturated carbocycles. The number of nitrogens with one attached hydrogen (secondary N) is 4. The number of amides is 4. The van der Waals surface area contributed by atoms with Crippen LogP contribution < -0.4 is 21.3 Å². The molecule has 40 atom stereocenters. The molecule has 8 aliphatic rings. The van der Waals surface area contributed by atoms with Crippen LogP contribution >= 0.6 is 0 Å². The molecule has 0 aromatic carbocycles. The van der Waals surface area contributed by atoms with E-state index in [9.17, 15) is 121 Å². The molecule has 0 aromatic rings. The summed E-state index contributed by atoms with van der Waals surface area (Å²) in [5.41, 5.74) is 0. The smallest absolute Gasteiger partial charge is 0.217 e. The van der Waals surface area contributed by atoms with E-state index < -0.39 is 309 Å². The number of aliphatic hydroxyl groups is 20. The average Bonchev–Trinajstić information content (AvgIpc) is 0.769. The van der Waals surface area contributed by atoms with Crippen molar-refractivity contribution in [3.8, 4) is 0 Å². The Morgan fingerprint density at radius 2 is 0.646 bits per heavy atom. The summed E-state index contributed by atoms with van der Waals surface area (Å²) >= 11 is 0. The number of ether oxygens (including phenoxy) is 15. The van der Waals surface area contributed by atoms with Crippen molar-refractivity contribution in [2.75, 3.05) is 39.6 Å². The van der Waals surface area contributed by atoms with Crippen LogP contribution in [0.5, 0.6) is 0 Å². The van der Waals surface area contributed by atoms with E-state index >= 15 is 0 Å². The predicted molar refractivity (Wildman–Crippen MR) is 308 cm³/mol. The number of carbonyl (C=O) groups is 4. The maximum atomic E-state index is 13.2. The van der Waals surface area contributed by atoms with Crippen molar-refractivity contribution in [3.63, 3.8) is 0 Å². The van der Waals surface area contributed by atoms with Gasteiger partial charge in [-0.3, -0.25) is 19.2 Å². The summed E-state index contributed by atoms with van der Waals surface area (Å²) in [5, 5.41) is 231. The Morgan fingerprint density at radius 1 is 0.283 bits per heavy atom. The second-order valence-corrected chi connectivity index (χ2v) is 25.4. The van der Waals surface area contributed by atoms with E-state index in [2.05, 4.69) is 21.3 Å². The van der Waals surface area contributed by atoms with Crippen LogP contribution in [0.4, 0.5) is 0 Å². The van der Waals surface area contributed by atoms with Crippen LogP contribution in [0.15, 0.2) is 0 Å². The Hall–Kier alpha value is -3.52. The van der Waals surface area contributed by atoms with Crippen LogP contribution in [-0.4, -0.2) is 411 Å². The van der Waals surface area contributed by atoms with Crippen LogP contribution in [0.25, 0.3) is 0 Å². The number of rotatable bonds is 24. The highest BCUT2D eigenvalue weighted by Gasteiger charge is 2.60. The van der Waals surface area contributed by atoms with E-state index in [0.29, 0.717) is 0 Å². The van der Waals surface area contributed by atoms with E-state index in [4.69, 9.17) is 71.1 Å². The highest BCUT2D eigenvalue weighted by atomic mass is 16.8. The molecule has 0 aromatic heterocycles. The quantitative estimate of drug-likeness (QED) is 0.0427. The highest BCUT2D eigenvalue weighted by molar-refractivity contribution is 5.74. The van der Waals surface area contributed by atoms with E-state index in [1.807, 2.05) is 0 Å². The number of hydrogen-bond donors (Lipinski definition) is 24. The van der Waals surface area contributed by atoms with Crippen LogP contribution in [0, 0.1) is 0 Å². The number of hydrogen-bond acceptors (Lipinski definition) is 39. The highest BCUT2D eigenvalue weighted by Crippen LogP contribution is 2.39. The Morgan fingerprint density at radius 3 is 1.17 bits per heavy atom.